The van der Waals surface area contributed by atoms with E-state index in [9.17, 15) is 4.79 Å². The number of carbonyl (C=O) groups is 1. The summed E-state index contributed by atoms with van der Waals surface area (Å²) in [6.07, 6.45) is 1.75. The van der Waals surface area contributed by atoms with Crippen LogP contribution in [0.25, 0.3) is 11.5 Å². The molecule has 2 bridgehead atoms. The number of nitrogens with zero attached hydrogens (tertiary/aromatic N) is 4. The minimum absolute atomic E-state index is 0.203. The van der Waals surface area contributed by atoms with Crippen molar-refractivity contribution in [2.75, 3.05) is 11.9 Å². The Balaban J connectivity index is 1.79. The predicted octanol–water partition coefficient (Wildman–Crippen LogP) is 3.94. The second kappa shape index (κ2) is 7.42. The highest BCUT2D eigenvalue weighted by Gasteiger charge is 2.20. The molecule has 0 spiro atoms. The summed E-state index contributed by atoms with van der Waals surface area (Å²) in [6, 6.07) is 11.3. The van der Waals surface area contributed by atoms with Crippen LogP contribution in [0.15, 0.2) is 36.4 Å². The number of nitrogens with one attached hydrogen (secondary N) is 1. The third kappa shape index (κ3) is 3.47. The fourth-order valence-electron chi connectivity index (χ4n) is 3.52. The average Bonchev–Trinajstić information content (AvgIpc) is 3.07. The number of hydrogen-bond donors (Lipinski definition) is 1. The van der Waals surface area contributed by atoms with E-state index in [1.165, 1.54) is 0 Å². The van der Waals surface area contributed by atoms with Crippen LogP contribution in [0.2, 0.25) is 0 Å². The molecule has 4 rings (SSSR count). The van der Waals surface area contributed by atoms with E-state index in [0.717, 1.165) is 24.2 Å². The Bertz CT molecular complexity index is 1030. The molecule has 1 N–H and O–H groups in total. The molecule has 28 heavy (non-hydrogen) atoms. The van der Waals surface area contributed by atoms with Gasteiger partial charge < -0.3 is 14.6 Å². The van der Waals surface area contributed by atoms with E-state index >= 15 is 0 Å². The average molecular weight is 377 g/mol. The molecule has 3 aromatic rings. The predicted molar refractivity (Wildman–Crippen MR) is 107 cm³/mol. The van der Waals surface area contributed by atoms with Gasteiger partial charge in [0.2, 0.25) is 0 Å². The third-order valence-corrected chi connectivity index (χ3v) is 4.93. The number of rotatable bonds is 0. The second-order valence-corrected chi connectivity index (χ2v) is 7.14. The van der Waals surface area contributed by atoms with E-state index in [2.05, 4.69) is 32.0 Å². The van der Waals surface area contributed by atoms with Crippen LogP contribution in [-0.4, -0.2) is 32.3 Å². The normalized spacial score (nSPS) is 17.0. The summed E-state index contributed by atoms with van der Waals surface area (Å²) < 4.78 is 8.03. The quantitative estimate of drug-likeness (QED) is 0.642. The molecule has 0 aliphatic carbocycles. The monoisotopic (exact) mass is 377 g/mol. The summed E-state index contributed by atoms with van der Waals surface area (Å²) in [7, 11) is 0. The molecule has 1 amide bonds. The molecule has 144 valence electrons. The Morgan fingerprint density at radius 2 is 2.04 bits per heavy atom. The third-order valence-electron chi connectivity index (χ3n) is 4.93. The first-order valence-corrected chi connectivity index (χ1v) is 9.46. The summed E-state index contributed by atoms with van der Waals surface area (Å²) in [5.41, 5.74) is 2.19. The Kier molecular flexibility index (Phi) is 4.81. The van der Waals surface area contributed by atoms with Gasteiger partial charge in [-0.1, -0.05) is 17.7 Å². The van der Waals surface area contributed by atoms with Gasteiger partial charge >= 0.3 is 0 Å². The smallest absolute Gasteiger partial charge is 0.260 e. The van der Waals surface area contributed by atoms with Crippen molar-refractivity contribution in [1.29, 1.82) is 0 Å². The maximum atomic E-state index is 12.9. The topological polar surface area (TPSA) is 81.9 Å². The molecule has 7 heteroatoms. The van der Waals surface area contributed by atoms with Gasteiger partial charge in [0, 0.05) is 6.04 Å². The zero-order chi connectivity index (χ0) is 19.7. The second-order valence-electron chi connectivity index (χ2n) is 7.14. The molecule has 1 atom stereocenters. The number of pyridine rings is 1. The largest absolute Gasteiger partial charge is 0.493 e. The number of fused-ring (bicyclic) bond motifs is 5. The number of aryl methyl sites for hydroxylation is 2. The van der Waals surface area contributed by atoms with Gasteiger partial charge in [-0.05, 0) is 57.9 Å². The highest BCUT2D eigenvalue weighted by molar-refractivity contribution is 6.06. The standard InChI is InChI=1S/C21H23N5O2/c1-13-9-10-18-16(12-13)21(27)23-19-8-4-7-17(22-19)20-25-24-15(3)26(20)14(2)6-5-11-28-18/h4,7-10,12,14H,5-6,11H2,1-3H3,(H,22,23,27)/t14-/m0/s1. The molecular weight excluding hydrogens is 354 g/mol. The van der Waals surface area contributed by atoms with E-state index in [1.807, 2.05) is 44.2 Å². The van der Waals surface area contributed by atoms with Crippen molar-refractivity contribution in [2.24, 2.45) is 0 Å². The lowest BCUT2D eigenvalue weighted by atomic mass is 10.1. The van der Waals surface area contributed by atoms with Gasteiger partial charge in [-0.2, -0.15) is 0 Å². The van der Waals surface area contributed by atoms with Crippen LogP contribution in [0.1, 0.15) is 47.6 Å². The molecule has 0 fully saturated rings. The van der Waals surface area contributed by atoms with Gasteiger partial charge in [-0.25, -0.2) is 4.98 Å². The summed E-state index contributed by atoms with van der Waals surface area (Å²) in [4.78, 5) is 17.5. The minimum Gasteiger partial charge on any atom is -0.493 e. The SMILES string of the molecule is Cc1ccc2c(c1)C(=O)Nc1cccc(n1)-c1nnc(C)n1[C@@H](C)CCCO2. The first-order valence-electron chi connectivity index (χ1n) is 9.46. The van der Waals surface area contributed by atoms with Gasteiger partial charge in [0.05, 0.1) is 12.2 Å². The number of carbonyl (C=O) groups excluding carboxylic acids is 1. The first-order chi connectivity index (χ1) is 13.5. The number of ether oxygens (including phenoxy) is 1. The maximum Gasteiger partial charge on any atom is 0.260 e. The lowest BCUT2D eigenvalue weighted by Gasteiger charge is -2.19. The lowest BCUT2D eigenvalue weighted by Crippen LogP contribution is -2.17. The Morgan fingerprint density at radius 1 is 1.18 bits per heavy atom. The molecule has 0 unspecified atom stereocenters. The maximum absolute atomic E-state index is 12.9. The van der Waals surface area contributed by atoms with Gasteiger partial charge in [0.1, 0.15) is 23.1 Å². The molecule has 0 saturated heterocycles. The Labute approximate surface area is 163 Å². The molecular formula is C21H23N5O2. The van der Waals surface area contributed by atoms with Crippen molar-refractivity contribution >= 4 is 11.7 Å². The van der Waals surface area contributed by atoms with Crippen molar-refractivity contribution < 1.29 is 9.53 Å². The summed E-state index contributed by atoms with van der Waals surface area (Å²) >= 11 is 0. The van der Waals surface area contributed by atoms with Gasteiger partial charge in [-0.15, -0.1) is 10.2 Å². The number of aromatic nitrogens is 4. The fourth-order valence-corrected chi connectivity index (χ4v) is 3.52. The fraction of sp³-hybridized carbons (Fsp3) is 0.333. The number of hydrogen-bond acceptors (Lipinski definition) is 5. The van der Waals surface area contributed by atoms with Crippen molar-refractivity contribution in [3.05, 3.63) is 53.3 Å². The number of benzene rings is 1. The Morgan fingerprint density at radius 3 is 2.89 bits per heavy atom. The molecule has 7 nitrogen and oxygen atoms in total. The van der Waals surface area contributed by atoms with Crippen LogP contribution in [0, 0.1) is 13.8 Å². The summed E-state index contributed by atoms with van der Waals surface area (Å²) in [5, 5.41) is 11.4. The number of anilines is 1. The molecule has 1 aromatic carbocycles. The molecule has 3 heterocycles. The van der Waals surface area contributed by atoms with Crippen molar-refractivity contribution in [3.63, 3.8) is 0 Å². The first kappa shape index (κ1) is 18.2. The number of amides is 1. The van der Waals surface area contributed by atoms with Crippen LogP contribution < -0.4 is 10.1 Å². The molecule has 1 aliphatic heterocycles. The van der Waals surface area contributed by atoms with E-state index < -0.39 is 0 Å². The van der Waals surface area contributed by atoms with Crippen LogP contribution in [0.4, 0.5) is 5.82 Å². The van der Waals surface area contributed by atoms with E-state index in [0.29, 0.717) is 35.3 Å². The Hall–Kier alpha value is -3.22. The molecule has 2 aromatic heterocycles. The summed E-state index contributed by atoms with van der Waals surface area (Å²) in [5.74, 6) is 2.35. The molecule has 0 radical (unpaired) electrons. The van der Waals surface area contributed by atoms with Crippen LogP contribution >= 0.6 is 0 Å². The zero-order valence-electron chi connectivity index (χ0n) is 16.3. The van der Waals surface area contributed by atoms with Crippen LogP contribution in [0.3, 0.4) is 0 Å². The van der Waals surface area contributed by atoms with Crippen molar-refractivity contribution in [3.8, 4) is 17.3 Å². The van der Waals surface area contributed by atoms with Crippen molar-refractivity contribution in [2.45, 2.75) is 39.7 Å². The van der Waals surface area contributed by atoms with Crippen molar-refractivity contribution in [1.82, 2.24) is 19.7 Å². The lowest BCUT2D eigenvalue weighted by molar-refractivity contribution is 0.102. The van der Waals surface area contributed by atoms with Gasteiger partial charge in [0.25, 0.3) is 5.91 Å². The summed E-state index contributed by atoms with van der Waals surface area (Å²) in [6.45, 7) is 6.58. The van der Waals surface area contributed by atoms with E-state index in [4.69, 9.17) is 4.74 Å². The molecule has 0 saturated carbocycles. The van der Waals surface area contributed by atoms with Crippen LogP contribution in [-0.2, 0) is 0 Å². The van der Waals surface area contributed by atoms with E-state index in [1.54, 1.807) is 6.07 Å². The molecule has 1 aliphatic rings. The van der Waals surface area contributed by atoms with Crippen LogP contribution in [0.5, 0.6) is 5.75 Å². The zero-order valence-corrected chi connectivity index (χ0v) is 16.3. The van der Waals surface area contributed by atoms with Gasteiger partial charge in [0.15, 0.2) is 5.82 Å². The van der Waals surface area contributed by atoms with Gasteiger partial charge in [-0.3, -0.25) is 4.79 Å². The van der Waals surface area contributed by atoms with E-state index in [-0.39, 0.29) is 11.9 Å². The minimum atomic E-state index is -0.244. The highest BCUT2D eigenvalue weighted by atomic mass is 16.5. The highest BCUT2D eigenvalue weighted by Crippen LogP contribution is 2.27.